The molecule has 0 bridgehead atoms. The minimum absolute atomic E-state index is 0.767. The first-order chi connectivity index (χ1) is 9.65. The van der Waals surface area contributed by atoms with Crippen LogP contribution in [0.25, 0.3) is 21.5 Å². The Morgan fingerprint density at radius 1 is 0.650 bits per heavy atom. The topological polar surface area (TPSA) is 0 Å². The van der Waals surface area contributed by atoms with Gasteiger partial charge in [0.1, 0.15) is 0 Å². The standard InChI is InChI=1S/C16H10Br2Cl2/c17-7-9-1-3-11-13(5-9)16(20)12-4-2-10(8-18)6-14(12)15(11)19/h1-6H,7-8H2. The maximum Gasteiger partial charge on any atom is 0.0563 e. The second kappa shape index (κ2) is 5.84. The van der Waals surface area contributed by atoms with Crippen molar-refractivity contribution in [3.8, 4) is 0 Å². The lowest BCUT2D eigenvalue weighted by Gasteiger charge is -2.11. The van der Waals surface area contributed by atoms with Crippen molar-refractivity contribution in [3.63, 3.8) is 0 Å². The molecule has 0 amide bonds. The molecule has 102 valence electrons. The molecule has 3 aromatic carbocycles. The molecule has 0 nitrogen and oxygen atoms in total. The van der Waals surface area contributed by atoms with E-state index in [1.54, 1.807) is 0 Å². The van der Waals surface area contributed by atoms with Gasteiger partial charge < -0.3 is 0 Å². The molecule has 0 heterocycles. The molecule has 0 unspecified atom stereocenters. The van der Waals surface area contributed by atoms with Gasteiger partial charge in [-0.2, -0.15) is 0 Å². The zero-order valence-electron chi connectivity index (χ0n) is 10.4. The monoisotopic (exact) mass is 430 g/mol. The lowest BCUT2D eigenvalue weighted by atomic mass is 10.0. The molecule has 0 aliphatic carbocycles. The lowest BCUT2D eigenvalue weighted by Crippen LogP contribution is -1.86. The normalized spacial score (nSPS) is 11.4. The van der Waals surface area contributed by atoms with E-state index < -0.39 is 0 Å². The van der Waals surface area contributed by atoms with Crippen LogP contribution in [0.15, 0.2) is 36.4 Å². The largest absolute Gasteiger partial charge is 0.0876 e. The first-order valence-corrected chi connectivity index (χ1v) is 9.09. The Kier molecular flexibility index (Phi) is 4.28. The van der Waals surface area contributed by atoms with Crippen LogP contribution in [0.1, 0.15) is 11.1 Å². The highest BCUT2D eigenvalue weighted by Crippen LogP contribution is 2.40. The van der Waals surface area contributed by atoms with Crippen LogP contribution in [0.3, 0.4) is 0 Å². The summed E-state index contributed by atoms with van der Waals surface area (Å²) in [6.45, 7) is 0. The molecule has 0 radical (unpaired) electrons. The molecule has 20 heavy (non-hydrogen) atoms. The van der Waals surface area contributed by atoms with Gasteiger partial charge in [-0.15, -0.1) is 0 Å². The molecule has 0 aromatic heterocycles. The number of halogens is 4. The molecule has 0 aliphatic heterocycles. The number of benzene rings is 3. The zero-order chi connectivity index (χ0) is 14.3. The SMILES string of the molecule is Clc1c2ccc(CBr)cc2c(Cl)c2ccc(CBr)cc12. The first kappa shape index (κ1) is 14.6. The molecular weight excluding hydrogens is 423 g/mol. The van der Waals surface area contributed by atoms with Crippen LogP contribution in [0.5, 0.6) is 0 Å². The average molecular weight is 433 g/mol. The minimum Gasteiger partial charge on any atom is -0.0876 e. The fraction of sp³-hybridized carbons (Fsp3) is 0.125. The number of hydrogen-bond donors (Lipinski definition) is 0. The third-order valence-corrected chi connectivity index (χ3v) is 5.53. The summed E-state index contributed by atoms with van der Waals surface area (Å²) in [4.78, 5) is 0. The van der Waals surface area contributed by atoms with E-state index in [-0.39, 0.29) is 0 Å². The Morgan fingerprint density at radius 2 is 1.05 bits per heavy atom. The molecule has 0 spiro atoms. The van der Waals surface area contributed by atoms with Gasteiger partial charge in [0.15, 0.2) is 0 Å². The quantitative estimate of drug-likeness (QED) is 0.299. The second-order valence-electron chi connectivity index (χ2n) is 4.66. The van der Waals surface area contributed by atoms with Crippen molar-refractivity contribution in [3.05, 3.63) is 57.6 Å². The van der Waals surface area contributed by atoms with Gasteiger partial charge in [0, 0.05) is 32.2 Å². The van der Waals surface area contributed by atoms with Gasteiger partial charge in [-0.3, -0.25) is 0 Å². The van der Waals surface area contributed by atoms with E-state index in [1.165, 1.54) is 11.1 Å². The highest BCUT2D eigenvalue weighted by Gasteiger charge is 2.12. The van der Waals surface area contributed by atoms with E-state index >= 15 is 0 Å². The van der Waals surface area contributed by atoms with E-state index in [0.717, 1.165) is 42.3 Å². The molecular formula is C16H10Br2Cl2. The lowest BCUT2D eigenvalue weighted by molar-refractivity contribution is 1.46. The molecule has 0 atom stereocenters. The number of hydrogen-bond acceptors (Lipinski definition) is 0. The highest BCUT2D eigenvalue weighted by atomic mass is 79.9. The van der Waals surface area contributed by atoms with Crippen LogP contribution in [0.4, 0.5) is 0 Å². The van der Waals surface area contributed by atoms with Gasteiger partial charge in [-0.05, 0) is 23.3 Å². The minimum atomic E-state index is 0.767. The number of fused-ring (bicyclic) bond motifs is 2. The summed E-state index contributed by atoms with van der Waals surface area (Å²) < 4.78 is 0. The smallest absolute Gasteiger partial charge is 0.0563 e. The Labute approximate surface area is 144 Å². The Morgan fingerprint density at radius 3 is 1.40 bits per heavy atom. The Bertz CT molecular complexity index is 743. The Balaban J connectivity index is 2.46. The van der Waals surface area contributed by atoms with Gasteiger partial charge >= 0.3 is 0 Å². The van der Waals surface area contributed by atoms with Gasteiger partial charge in [-0.25, -0.2) is 0 Å². The van der Waals surface area contributed by atoms with Crippen molar-refractivity contribution in [1.29, 1.82) is 0 Å². The summed E-state index contributed by atoms with van der Waals surface area (Å²) >= 11 is 20.1. The fourth-order valence-electron chi connectivity index (χ4n) is 2.39. The molecule has 3 rings (SSSR count). The van der Waals surface area contributed by atoms with Crippen LogP contribution in [0, 0.1) is 0 Å². The molecule has 0 aliphatic rings. The van der Waals surface area contributed by atoms with Crippen LogP contribution >= 0.6 is 55.1 Å². The van der Waals surface area contributed by atoms with Crippen molar-refractivity contribution < 1.29 is 0 Å². The van der Waals surface area contributed by atoms with Crippen molar-refractivity contribution >= 4 is 76.6 Å². The van der Waals surface area contributed by atoms with Gasteiger partial charge in [0.2, 0.25) is 0 Å². The summed E-state index contributed by atoms with van der Waals surface area (Å²) in [7, 11) is 0. The summed E-state index contributed by atoms with van der Waals surface area (Å²) in [5.41, 5.74) is 2.37. The summed E-state index contributed by atoms with van der Waals surface area (Å²) in [5, 5.41) is 7.16. The molecule has 0 saturated carbocycles. The van der Waals surface area contributed by atoms with Crippen molar-refractivity contribution in [2.24, 2.45) is 0 Å². The molecule has 0 fully saturated rings. The van der Waals surface area contributed by atoms with Crippen LogP contribution in [0.2, 0.25) is 10.0 Å². The predicted octanol–water partition coefficient (Wildman–Crippen LogP) is 7.09. The summed E-state index contributed by atoms with van der Waals surface area (Å²) in [5.74, 6) is 0. The average Bonchev–Trinajstić information content (AvgIpc) is 2.51. The van der Waals surface area contributed by atoms with E-state index in [9.17, 15) is 0 Å². The van der Waals surface area contributed by atoms with Crippen molar-refractivity contribution in [2.75, 3.05) is 0 Å². The van der Waals surface area contributed by atoms with Crippen LogP contribution < -0.4 is 0 Å². The third kappa shape index (κ3) is 2.37. The second-order valence-corrected chi connectivity index (χ2v) is 6.53. The molecule has 4 heteroatoms. The van der Waals surface area contributed by atoms with Gasteiger partial charge in [-0.1, -0.05) is 79.3 Å². The van der Waals surface area contributed by atoms with E-state index in [1.807, 2.05) is 12.1 Å². The van der Waals surface area contributed by atoms with Gasteiger partial charge in [0.05, 0.1) is 10.0 Å². The number of rotatable bonds is 2. The fourth-order valence-corrected chi connectivity index (χ4v) is 3.73. The van der Waals surface area contributed by atoms with Crippen molar-refractivity contribution in [1.82, 2.24) is 0 Å². The van der Waals surface area contributed by atoms with Crippen LogP contribution in [-0.2, 0) is 10.7 Å². The maximum atomic E-state index is 6.59. The summed E-state index contributed by atoms with van der Waals surface area (Å²) in [6.07, 6.45) is 0. The summed E-state index contributed by atoms with van der Waals surface area (Å²) in [6, 6.07) is 12.4. The van der Waals surface area contributed by atoms with E-state index in [4.69, 9.17) is 23.2 Å². The molecule has 0 N–H and O–H groups in total. The maximum absolute atomic E-state index is 6.59. The van der Waals surface area contributed by atoms with E-state index in [2.05, 4.69) is 56.1 Å². The first-order valence-electron chi connectivity index (χ1n) is 6.10. The zero-order valence-corrected chi connectivity index (χ0v) is 15.1. The Hall–Kier alpha value is -0.280. The van der Waals surface area contributed by atoms with Gasteiger partial charge in [0.25, 0.3) is 0 Å². The molecule has 3 aromatic rings. The third-order valence-electron chi connectivity index (χ3n) is 3.42. The van der Waals surface area contributed by atoms with E-state index in [0.29, 0.717) is 0 Å². The highest BCUT2D eigenvalue weighted by molar-refractivity contribution is 9.08. The van der Waals surface area contributed by atoms with Crippen molar-refractivity contribution in [2.45, 2.75) is 10.7 Å². The predicted molar refractivity (Wildman–Crippen MR) is 96.7 cm³/mol. The molecule has 0 saturated heterocycles. The van der Waals surface area contributed by atoms with Crippen LogP contribution in [-0.4, -0.2) is 0 Å². The number of alkyl halides is 2.